The Morgan fingerprint density at radius 3 is 2.10 bits per heavy atom. The second-order valence-corrected chi connectivity index (χ2v) is 6.48. The van der Waals surface area contributed by atoms with Crippen molar-refractivity contribution in [1.29, 1.82) is 0 Å². The first-order valence-electron chi connectivity index (χ1n) is 6.65. The number of nitrogens with one attached hydrogen (secondary N) is 2. The number of thioether (sulfide) groups is 1. The highest BCUT2D eigenvalue weighted by atomic mass is 32.2. The lowest BCUT2D eigenvalue weighted by Gasteiger charge is -2.17. The van der Waals surface area contributed by atoms with Crippen LogP contribution in [0.1, 0.15) is 27.7 Å². The van der Waals surface area contributed by atoms with E-state index >= 15 is 0 Å². The first-order valence-corrected chi connectivity index (χ1v) is 8.27. The van der Waals surface area contributed by atoms with E-state index in [4.69, 9.17) is 0 Å². The molecule has 0 fully saturated rings. The molecule has 0 heterocycles. The van der Waals surface area contributed by atoms with Crippen LogP contribution in [0.25, 0.3) is 0 Å². The van der Waals surface area contributed by atoms with Crippen LogP contribution in [0, 0.1) is 11.8 Å². The van der Waals surface area contributed by atoms with Gasteiger partial charge in [0.2, 0.25) is 11.8 Å². The Balaban J connectivity index is 4.05. The minimum atomic E-state index is -0.640. The number of rotatable bonds is 8. The molecule has 20 heavy (non-hydrogen) atoms. The number of carbonyl (C=O) groups excluding carboxylic acids is 3. The summed E-state index contributed by atoms with van der Waals surface area (Å²) < 4.78 is 0. The summed E-state index contributed by atoms with van der Waals surface area (Å²) in [7, 11) is 0. The van der Waals surface area contributed by atoms with E-state index in [0.717, 1.165) is 0 Å². The molecular formula is C13H24N2O3S2. The standard InChI is InChI=1S/C13H24N2O3S2/c1-8(2)11(16)15-10(7-19)12(17)14-5-6-20-13(18)9(3)4/h8-10,19H,5-7H2,1-4H3,(H,14,17)(H,15,16)/t10-/m0/s1. The number of carbonyl (C=O) groups is 3. The van der Waals surface area contributed by atoms with Gasteiger partial charge in [-0.3, -0.25) is 14.4 Å². The second kappa shape index (κ2) is 10.1. The minimum Gasteiger partial charge on any atom is -0.353 e. The van der Waals surface area contributed by atoms with Crippen molar-refractivity contribution in [2.75, 3.05) is 18.1 Å². The zero-order valence-electron chi connectivity index (χ0n) is 12.4. The summed E-state index contributed by atoms with van der Waals surface area (Å²) in [6.07, 6.45) is 0. The fourth-order valence-corrected chi connectivity index (χ4v) is 2.14. The lowest BCUT2D eigenvalue weighted by atomic mass is 10.2. The van der Waals surface area contributed by atoms with Crippen LogP contribution in [0.2, 0.25) is 0 Å². The highest BCUT2D eigenvalue weighted by Gasteiger charge is 2.20. The van der Waals surface area contributed by atoms with Crippen molar-refractivity contribution in [3.63, 3.8) is 0 Å². The largest absolute Gasteiger partial charge is 0.353 e. The van der Waals surface area contributed by atoms with Crippen LogP contribution in [-0.4, -0.2) is 41.0 Å². The van der Waals surface area contributed by atoms with E-state index in [2.05, 4.69) is 23.3 Å². The summed E-state index contributed by atoms with van der Waals surface area (Å²) in [5.74, 6) is 0.133. The van der Waals surface area contributed by atoms with Crippen molar-refractivity contribution >= 4 is 41.3 Å². The fraction of sp³-hybridized carbons (Fsp3) is 0.769. The lowest BCUT2D eigenvalue weighted by Crippen LogP contribution is -2.49. The molecule has 2 N–H and O–H groups in total. The second-order valence-electron chi connectivity index (χ2n) is 5.01. The molecule has 0 saturated carbocycles. The van der Waals surface area contributed by atoms with E-state index in [1.807, 2.05) is 13.8 Å². The number of hydrogen-bond acceptors (Lipinski definition) is 5. The average Bonchev–Trinajstić information content (AvgIpc) is 2.39. The average molecular weight is 320 g/mol. The minimum absolute atomic E-state index is 0.00813. The van der Waals surface area contributed by atoms with Gasteiger partial charge in [0.1, 0.15) is 6.04 Å². The summed E-state index contributed by atoms with van der Waals surface area (Å²) in [5.41, 5.74) is 0. The summed E-state index contributed by atoms with van der Waals surface area (Å²) in [6.45, 7) is 7.59. The molecule has 7 heteroatoms. The molecule has 0 aliphatic rings. The number of hydrogen-bond donors (Lipinski definition) is 3. The molecule has 2 amide bonds. The predicted octanol–water partition coefficient (Wildman–Crippen LogP) is 1.09. The summed E-state index contributed by atoms with van der Waals surface area (Å²) in [6, 6.07) is -0.640. The number of thiol groups is 1. The van der Waals surface area contributed by atoms with Crippen molar-refractivity contribution in [1.82, 2.24) is 10.6 Å². The Morgan fingerprint density at radius 1 is 1.05 bits per heavy atom. The Morgan fingerprint density at radius 2 is 1.65 bits per heavy atom. The Kier molecular flexibility index (Phi) is 9.75. The molecule has 0 unspecified atom stereocenters. The summed E-state index contributed by atoms with van der Waals surface area (Å²) in [5, 5.41) is 5.44. The third kappa shape index (κ3) is 7.79. The summed E-state index contributed by atoms with van der Waals surface area (Å²) in [4.78, 5) is 34.8. The van der Waals surface area contributed by atoms with Crippen molar-refractivity contribution < 1.29 is 14.4 Å². The van der Waals surface area contributed by atoms with Crippen LogP contribution in [0.5, 0.6) is 0 Å². The van der Waals surface area contributed by atoms with Crippen LogP contribution in [0.15, 0.2) is 0 Å². The van der Waals surface area contributed by atoms with Crippen molar-refractivity contribution in [2.45, 2.75) is 33.7 Å². The molecule has 0 spiro atoms. The van der Waals surface area contributed by atoms with Crippen LogP contribution in [0.4, 0.5) is 0 Å². The quantitative estimate of drug-likeness (QED) is 0.462. The molecule has 0 aliphatic carbocycles. The van der Waals surface area contributed by atoms with E-state index in [-0.39, 0.29) is 34.5 Å². The zero-order valence-corrected chi connectivity index (χ0v) is 14.1. The van der Waals surface area contributed by atoms with Crippen LogP contribution in [0.3, 0.4) is 0 Å². The molecule has 0 saturated heterocycles. The highest BCUT2D eigenvalue weighted by molar-refractivity contribution is 8.13. The van der Waals surface area contributed by atoms with Gasteiger partial charge in [0.15, 0.2) is 5.12 Å². The Bertz CT molecular complexity index is 347. The van der Waals surface area contributed by atoms with Gasteiger partial charge in [0, 0.05) is 29.9 Å². The predicted molar refractivity (Wildman–Crippen MR) is 85.9 cm³/mol. The zero-order chi connectivity index (χ0) is 15.7. The normalized spacial score (nSPS) is 12.3. The van der Waals surface area contributed by atoms with Gasteiger partial charge in [-0.05, 0) is 0 Å². The fourth-order valence-electron chi connectivity index (χ4n) is 1.15. The van der Waals surface area contributed by atoms with Crippen molar-refractivity contribution in [2.24, 2.45) is 11.8 Å². The van der Waals surface area contributed by atoms with Gasteiger partial charge in [0.05, 0.1) is 0 Å². The first kappa shape index (κ1) is 19.3. The van der Waals surface area contributed by atoms with E-state index in [1.54, 1.807) is 13.8 Å². The highest BCUT2D eigenvalue weighted by Crippen LogP contribution is 2.09. The lowest BCUT2D eigenvalue weighted by molar-refractivity contribution is -0.130. The van der Waals surface area contributed by atoms with Gasteiger partial charge in [0.25, 0.3) is 0 Å². The Labute approximate surface area is 130 Å². The third-order valence-electron chi connectivity index (χ3n) is 2.46. The van der Waals surface area contributed by atoms with Crippen LogP contribution < -0.4 is 10.6 Å². The topological polar surface area (TPSA) is 75.3 Å². The maximum Gasteiger partial charge on any atom is 0.243 e. The van der Waals surface area contributed by atoms with Gasteiger partial charge in [-0.15, -0.1) is 0 Å². The Hall–Kier alpha value is -0.690. The van der Waals surface area contributed by atoms with E-state index < -0.39 is 6.04 Å². The maximum absolute atomic E-state index is 11.8. The maximum atomic E-state index is 11.8. The molecule has 0 bridgehead atoms. The molecule has 5 nitrogen and oxygen atoms in total. The van der Waals surface area contributed by atoms with E-state index in [1.165, 1.54) is 11.8 Å². The van der Waals surface area contributed by atoms with Gasteiger partial charge < -0.3 is 10.6 Å². The van der Waals surface area contributed by atoms with E-state index in [9.17, 15) is 14.4 Å². The molecule has 0 aromatic rings. The monoisotopic (exact) mass is 320 g/mol. The number of amides is 2. The molecule has 0 radical (unpaired) electrons. The molecule has 0 aromatic carbocycles. The molecule has 0 aliphatic heterocycles. The van der Waals surface area contributed by atoms with E-state index in [0.29, 0.717) is 12.3 Å². The molecule has 0 rings (SSSR count). The molecule has 116 valence electrons. The van der Waals surface area contributed by atoms with Crippen LogP contribution in [-0.2, 0) is 14.4 Å². The van der Waals surface area contributed by atoms with Gasteiger partial charge in [-0.1, -0.05) is 39.5 Å². The van der Waals surface area contributed by atoms with Crippen molar-refractivity contribution in [3.8, 4) is 0 Å². The molecule has 1 atom stereocenters. The smallest absolute Gasteiger partial charge is 0.243 e. The molecular weight excluding hydrogens is 296 g/mol. The van der Waals surface area contributed by atoms with Crippen molar-refractivity contribution in [3.05, 3.63) is 0 Å². The third-order valence-corrected chi connectivity index (χ3v) is 3.99. The SMILES string of the molecule is CC(C)C(=O)N[C@@H](CS)C(=O)NCCSC(=O)C(C)C. The van der Waals surface area contributed by atoms with Gasteiger partial charge in [-0.2, -0.15) is 12.6 Å². The molecule has 0 aromatic heterocycles. The van der Waals surface area contributed by atoms with Gasteiger partial charge in [-0.25, -0.2) is 0 Å². The summed E-state index contributed by atoms with van der Waals surface area (Å²) >= 11 is 5.27. The first-order chi connectivity index (χ1) is 9.29. The van der Waals surface area contributed by atoms with Crippen LogP contribution >= 0.6 is 24.4 Å². The van der Waals surface area contributed by atoms with Gasteiger partial charge >= 0.3 is 0 Å².